The number of thioether (sulfide) groups is 1. The van der Waals surface area contributed by atoms with E-state index in [4.69, 9.17) is 0 Å². The van der Waals surface area contributed by atoms with E-state index >= 15 is 0 Å². The minimum absolute atomic E-state index is 0.289. The summed E-state index contributed by atoms with van der Waals surface area (Å²) in [5.74, 6) is 2.86. The van der Waals surface area contributed by atoms with Gasteiger partial charge >= 0.3 is 0 Å². The molecule has 0 radical (unpaired) electrons. The third-order valence-electron chi connectivity index (χ3n) is 3.27. The van der Waals surface area contributed by atoms with Crippen molar-refractivity contribution in [3.8, 4) is 0 Å². The molecule has 0 aliphatic heterocycles. The van der Waals surface area contributed by atoms with Gasteiger partial charge in [0.2, 0.25) is 0 Å². The quantitative estimate of drug-likeness (QED) is 0.801. The molecular formula is C16H22N4S. The fraction of sp³-hybridized carbons (Fsp3) is 0.375. The summed E-state index contributed by atoms with van der Waals surface area (Å²) in [6.07, 6.45) is 2.07. The lowest BCUT2D eigenvalue weighted by molar-refractivity contribution is 0.775. The van der Waals surface area contributed by atoms with Gasteiger partial charge in [-0.25, -0.2) is 9.97 Å². The lowest BCUT2D eigenvalue weighted by Gasteiger charge is -2.15. The second-order valence-electron chi connectivity index (χ2n) is 5.16. The first kappa shape index (κ1) is 15.6. The highest BCUT2D eigenvalue weighted by Crippen LogP contribution is 2.26. The van der Waals surface area contributed by atoms with E-state index in [9.17, 15) is 0 Å². The highest BCUT2D eigenvalue weighted by atomic mass is 32.2. The molecule has 0 bridgehead atoms. The predicted octanol–water partition coefficient (Wildman–Crippen LogP) is 4.42. The van der Waals surface area contributed by atoms with E-state index in [2.05, 4.69) is 65.0 Å². The summed E-state index contributed by atoms with van der Waals surface area (Å²) in [6.45, 7) is 6.22. The average Bonchev–Trinajstić information content (AvgIpc) is 2.49. The Hall–Kier alpha value is -1.75. The zero-order valence-electron chi connectivity index (χ0n) is 13.2. The number of aromatic nitrogens is 2. The summed E-state index contributed by atoms with van der Waals surface area (Å²) in [5, 5.41) is 6.53. The molecule has 2 aromatic rings. The predicted molar refractivity (Wildman–Crippen MR) is 91.9 cm³/mol. The summed E-state index contributed by atoms with van der Waals surface area (Å²) in [5.41, 5.74) is 2.06. The molecule has 0 atom stereocenters. The Kier molecular flexibility index (Phi) is 5.07. The molecule has 2 N–H and O–H groups in total. The summed E-state index contributed by atoms with van der Waals surface area (Å²) >= 11 is 1.74. The van der Waals surface area contributed by atoms with Crippen LogP contribution in [0.3, 0.4) is 0 Å². The van der Waals surface area contributed by atoms with Crippen LogP contribution in [-0.2, 0) is 0 Å². The van der Waals surface area contributed by atoms with Gasteiger partial charge in [-0.3, -0.25) is 0 Å². The second-order valence-corrected chi connectivity index (χ2v) is 6.04. The van der Waals surface area contributed by atoms with Crippen LogP contribution in [-0.4, -0.2) is 23.3 Å². The topological polar surface area (TPSA) is 49.8 Å². The van der Waals surface area contributed by atoms with E-state index in [1.54, 1.807) is 11.8 Å². The molecule has 4 nitrogen and oxygen atoms in total. The van der Waals surface area contributed by atoms with E-state index in [0.29, 0.717) is 0 Å². The molecule has 0 amide bonds. The van der Waals surface area contributed by atoms with Crippen molar-refractivity contribution in [3.05, 3.63) is 35.7 Å². The maximum atomic E-state index is 4.65. The van der Waals surface area contributed by atoms with Crippen LogP contribution in [0.15, 0.2) is 29.2 Å². The van der Waals surface area contributed by atoms with Crippen molar-refractivity contribution in [1.29, 1.82) is 0 Å². The number of hydrogen-bond donors (Lipinski definition) is 2. The first-order valence-electron chi connectivity index (χ1n) is 7.02. The molecule has 112 valence electrons. The molecule has 21 heavy (non-hydrogen) atoms. The van der Waals surface area contributed by atoms with E-state index in [1.165, 1.54) is 4.90 Å². The van der Waals surface area contributed by atoms with Crippen LogP contribution in [0.4, 0.5) is 17.3 Å². The number of benzene rings is 1. The lowest BCUT2D eigenvalue weighted by atomic mass is 10.2. The SMILES string of the molecule is CNc1nc(C(C)C)nc(Nc2ccc(SC)cc2)c1C. The van der Waals surface area contributed by atoms with Gasteiger partial charge in [-0.1, -0.05) is 13.8 Å². The zero-order valence-corrected chi connectivity index (χ0v) is 14.0. The van der Waals surface area contributed by atoms with Gasteiger partial charge in [0.15, 0.2) is 0 Å². The Morgan fingerprint density at radius 3 is 2.19 bits per heavy atom. The molecule has 1 aromatic heterocycles. The summed E-state index contributed by atoms with van der Waals surface area (Å²) in [7, 11) is 1.89. The molecule has 5 heteroatoms. The fourth-order valence-electron chi connectivity index (χ4n) is 1.97. The summed E-state index contributed by atoms with van der Waals surface area (Å²) in [4.78, 5) is 10.5. The van der Waals surface area contributed by atoms with Crippen LogP contribution in [0, 0.1) is 6.92 Å². The summed E-state index contributed by atoms with van der Waals surface area (Å²) < 4.78 is 0. The lowest BCUT2D eigenvalue weighted by Crippen LogP contribution is -2.08. The Morgan fingerprint density at radius 1 is 1.05 bits per heavy atom. The normalized spacial score (nSPS) is 10.8. The van der Waals surface area contributed by atoms with E-state index in [1.807, 2.05) is 14.0 Å². The minimum atomic E-state index is 0.289. The highest BCUT2D eigenvalue weighted by Gasteiger charge is 2.12. The van der Waals surface area contributed by atoms with Crippen molar-refractivity contribution in [2.45, 2.75) is 31.6 Å². The second kappa shape index (κ2) is 6.80. The molecule has 0 unspecified atom stereocenters. The van der Waals surface area contributed by atoms with Crippen molar-refractivity contribution in [3.63, 3.8) is 0 Å². The molecule has 1 heterocycles. The first-order valence-corrected chi connectivity index (χ1v) is 8.25. The number of nitrogens with zero attached hydrogens (tertiary/aromatic N) is 2. The van der Waals surface area contributed by atoms with Crippen LogP contribution in [0.1, 0.15) is 31.2 Å². The van der Waals surface area contributed by atoms with Crippen molar-refractivity contribution < 1.29 is 0 Å². The standard InChI is InChI=1S/C16H22N4S/c1-10(2)14-19-15(17-4)11(3)16(20-14)18-12-6-8-13(21-5)9-7-12/h6-10H,1-5H3,(H2,17,18,19,20). The van der Waals surface area contributed by atoms with Crippen molar-refractivity contribution in [2.24, 2.45) is 0 Å². The minimum Gasteiger partial charge on any atom is -0.373 e. The van der Waals surface area contributed by atoms with Gasteiger partial charge in [0, 0.05) is 29.1 Å². The fourth-order valence-corrected chi connectivity index (χ4v) is 2.38. The molecule has 1 aromatic carbocycles. The zero-order chi connectivity index (χ0) is 15.4. The van der Waals surface area contributed by atoms with Gasteiger partial charge in [-0.05, 0) is 37.4 Å². The third kappa shape index (κ3) is 3.67. The van der Waals surface area contributed by atoms with Crippen LogP contribution in [0.5, 0.6) is 0 Å². The van der Waals surface area contributed by atoms with Gasteiger partial charge in [-0.2, -0.15) is 0 Å². The Bertz CT molecular complexity index is 608. The third-order valence-corrected chi connectivity index (χ3v) is 4.01. The van der Waals surface area contributed by atoms with Crippen LogP contribution in [0.25, 0.3) is 0 Å². The molecule has 0 aliphatic rings. The largest absolute Gasteiger partial charge is 0.373 e. The van der Waals surface area contributed by atoms with Gasteiger partial charge in [0.1, 0.15) is 17.5 Å². The molecule has 0 fully saturated rings. The highest BCUT2D eigenvalue weighted by molar-refractivity contribution is 7.98. The number of hydrogen-bond acceptors (Lipinski definition) is 5. The van der Waals surface area contributed by atoms with E-state index < -0.39 is 0 Å². The number of rotatable bonds is 5. The van der Waals surface area contributed by atoms with Crippen molar-refractivity contribution in [2.75, 3.05) is 23.9 Å². The Labute approximate surface area is 130 Å². The molecule has 0 spiro atoms. The van der Waals surface area contributed by atoms with E-state index in [-0.39, 0.29) is 5.92 Å². The summed E-state index contributed by atoms with van der Waals surface area (Å²) in [6, 6.07) is 8.35. The average molecular weight is 302 g/mol. The van der Waals surface area contributed by atoms with Crippen molar-refractivity contribution in [1.82, 2.24) is 9.97 Å². The molecule has 0 aliphatic carbocycles. The van der Waals surface area contributed by atoms with Gasteiger partial charge in [0.05, 0.1) is 0 Å². The number of nitrogens with one attached hydrogen (secondary N) is 2. The molecule has 0 saturated heterocycles. The number of anilines is 3. The van der Waals surface area contributed by atoms with Gasteiger partial charge in [-0.15, -0.1) is 11.8 Å². The van der Waals surface area contributed by atoms with Gasteiger partial charge < -0.3 is 10.6 Å². The monoisotopic (exact) mass is 302 g/mol. The Balaban J connectivity index is 2.35. The maximum Gasteiger partial charge on any atom is 0.139 e. The smallest absolute Gasteiger partial charge is 0.139 e. The van der Waals surface area contributed by atoms with Crippen molar-refractivity contribution >= 4 is 29.1 Å². The van der Waals surface area contributed by atoms with Crippen LogP contribution in [0.2, 0.25) is 0 Å². The molecular weight excluding hydrogens is 280 g/mol. The molecule has 2 rings (SSSR count). The Morgan fingerprint density at radius 2 is 1.67 bits per heavy atom. The van der Waals surface area contributed by atoms with Crippen LogP contribution >= 0.6 is 11.8 Å². The van der Waals surface area contributed by atoms with Crippen LogP contribution < -0.4 is 10.6 Å². The maximum absolute atomic E-state index is 4.65. The molecule has 0 saturated carbocycles. The van der Waals surface area contributed by atoms with Gasteiger partial charge in [0.25, 0.3) is 0 Å². The first-order chi connectivity index (χ1) is 10.0. The van der Waals surface area contributed by atoms with E-state index in [0.717, 1.165) is 28.7 Å².